The van der Waals surface area contributed by atoms with Crippen molar-refractivity contribution in [3.05, 3.63) is 11.8 Å². The molecule has 0 radical (unpaired) electrons. The summed E-state index contributed by atoms with van der Waals surface area (Å²) in [5.74, 6) is 0.506. The molecule has 0 rings (SSSR count). The van der Waals surface area contributed by atoms with E-state index in [1.807, 2.05) is 13.0 Å². The summed E-state index contributed by atoms with van der Waals surface area (Å²) in [5.41, 5.74) is 0. The summed E-state index contributed by atoms with van der Waals surface area (Å²) in [4.78, 5) is 0. The van der Waals surface area contributed by atoms with Gasteiger partial charge in [0.25, 0.3) is 0 Å². The summed E-state index contributed by atoms with van der Waals surface area (Å²) in [6.07, 6.45) is 2.73. The molecule has 0 fully saturated rings. The lowest BCUT2D eigenvalue weighted by Gasteiger charge is -2.37. The molecule has 0 unspecified atom stereocenters. The molecule has 0 saturated heterocycles. The van der Waals surface area contributed by atoms with E-state index in [-0.39, 0.29) is 14.6 Å². The van der Waals surface area contributed by atoms with E-state index in [2.05, 4.69) is 59.6 Å². The molecule has 0 aromatic heterocycles. The van der Waals surface area contributed by atoms with Crippen molar-refractivity contribution in [3.63, 3.8) is 0 Å². The average molecular weight is 328 g/mol. The molecule has 0 aromatic carbocycles. The van der Waals surface area contributed by atoms with Crippen LogP contribution in [0.3, 0.4) is 0 Å². The number of rotatable bonds is 4. The molecule has 1 nitrogen and oxygen atoms in total. The van der Waals surface area contributed by atoms with Crippen LogP contribution in [0.5, 0.6) is 0 Å². The van der Waals surface area contributed by atoms with Crippen LogP contribution in [0, 0.1) is 5.92 Å². The molecular formula is C11H20Br2O. The molecule has 0 aromatic rings. The van der Waals surface area contributed by atoms with E-state index in [1.54, 1.807) is 0 Å². The normalized spacial score (nSPS) is 15.0. The topological polar surface area (TPSA) is 20.2 Å². The standard InChI is InChI=1S/C11H20Br2O/c1-6-7-8(14)9(10(2,3)12)11(4,5)13/h7,9,14H,6H2,1-5H3. The molecule has 0 atom stereocenters. The summed E-state index contributed by atoms with van der Waals surface area (Å²) in [7, 11) is 0. The van der Waals surface area contributed by atoms with Crippen LogP contribution in [0.1, 0.15) is 41.0 Å². The molecule has 0 bridgehead atoms. The summed E-state index contributed by atoms with van der Waals surface area (Å²) in [5, 5.41) is 9.98. The Hall–Kier alpha value is 0.500. The van der Waals surface area contributed by atoms with Crippen molar-refractivity contribution in [2.75, 3.05) is 0 Å². The van der Waals surface area contributed by atoms with Crippen molar-refractivity contribution in [2.24, 2.45) is 5.92 Å². The fourth-order valence-electron chi connectivity index (χ4n) is 1.85. The number of allylic oxidation sites excluding steroid dienone is 2. The molecule has 84 valence electrons. The van der Waals surface area contributed by atoms with Gasteiger partial charge in [0, 0.05) is 14.6 Å². The number of aliphatic hydroxyl groups excluding tert-OH is 1. The Balaban J connectivity index is 5.04. The number of alkyl halides is 2. The molecule has 1 N–H and O–H groups in total. The van der Waals surface area contributed by atoms with Gasteiger partial charge in [0.15, 0.2) is 0 Å². The van der Waals surface area contributed by atoms with E-state index in [9.17, 15) is 5.11 Å². The van der Waals surface area contributed by atoms with Gasteiger partial charge in [-0.2, -0.15) is 0 Å². The first kappa shape index (κ1) is 14.5. The summed E-state index contributed by atoms with van der Waals surface area (Å²) < 4.78 is -0.258. The van der Waals surface area contributed by atoms with Crippen molar-refractivity contribution >= 4 is 31.9 Å². The molecule has 3 heteroatoms. The van der Waals surface area contributed by atoms with Gasteiger partial charge in [-0.05, 0) is 40.2 Å². The van der Waals surface area contributed by atoms with Gasteiger partial charge >= 0.3 is 0 Å². The molecule has 0 aliphatic rings. The van der Waals surface area contributed by atoms with Crippen LogP contribution >= 0.6 is 31.9 Å². The van der Waals surface area contributed by atoms with Crippen molar-refractivity contribution < 1.29 is 5.11 Å². The lowest BCUT2D eigenvalue weighted by atomic mass is 9.83. The van der Waals surface area contributed by atoms with Crippen LogP contribution in [0.4, 0.5) is 0 Å². The summed E-state index contributed by atoms with van der Waals surface area (Å²) in [6.45, 7) is 10.3. The third-order valence-corrected chi connectivity index (χ3v) is 3.00. The van der Waals surface area contributed by atoms with Gasteiger partial charge in [-0.15, -0.1) is 0 Å². The summed E-state index contributed by atoms with van der Waals surface area (Å²) >= 11 is 7.24. The minimum Gasteiger partial charge on any atom is -0.512 e. The average Bonchev–Trinajstić information content (AvgIpc) is 1.78. The first-order valence-corrected chi connectivity index (χ1v) is 6.46. The highest BCUT2D eigenvalue weighted by Gasteiger charge is 2.40. The van der Waals surface area contributed by atoms with Crippen LogP contribution < -0.4 is 0 Å². The molecule has 0 saturated carbocycles. The molecule has 14 heavy (non-hydrogen) atoms. The highest BCUT2D eigenvalue weighted by Crippen LogP contribution is 2.43. The molecule has 0 aliphatic carbocycles. The van der Waals surface area contributed by atoms with Crippen LogP contribution in [-0.4, -0.2) is 13.8 Å². The highest BCUT2D eigenvalue weighted by atomic mass is 79.9. The third-order valence-electron chi connectivity index (χ3n) is 2.08. The van der Waals surface area contributed by atoms with E-state index in [1.165, 1.54) is 0 Å². The van der Waals surface area contributed by atoms with Gasteiger partial charge in [0.1, 0.15) is 0 Å². The van der Waals surface area contributed by atoms with E-state index >= 15 is 0 Å². The largest absolute Gasteiger partial charge is 0.512 e. The van der Waals surface area contributed by atoms with Gasteiger partial charge in [-0.1, -0.05) is 38.8 Å². The number of hydrogen-bond acceptors (Lipinski definition) is 1. The lowest BCUT2D eigenvalue weighted by Crippen LogP contribution is -2.39. The van der Waals surface area contributed by atoms with Gasteiger partial charge in [0.2, 0.25) is 0 Å². The maximum Gasteiger partial charge on any atom is 0.0941 e. The smallest absolute Gasteiger partial charge is 0.0941 e. The van der Waals surface area contributed by atoms with E-state index < -0.39 is 0 Å². The Morgan fingerprint density at radius 2 is 1.57 bits per heavy atom. The van der Waals surface area contributed by atoms with Gasteiger partial charge in [-0.25, -0.2) is 0 Å². The minimum atomic E-state index is -0.129. The van der Waals surface area contributed by atoms with Crippen LogP contribution in [0.25, 0.3) is 0 Å². The Morgan fingerprint density at radius 3 is 1.79 bits per heavy atom. The predicted octanol–water partition coefficient (Wildman–Crippen LogP) is 4.80. The SMILES string of the molecule is CCC=C(O)C(C(C)(C)Br)C(C)(C)Br. The fourth-order valence-corrected chi connectivity index (χ4v) is 3.77. The van der Waals surface area contributed by atoms with Crippen molar-refractivity contribution in [2.45, 2.75) is 49.7 Å². The Labute approximate surface area is 104 Å². The molecular weight excluding hydrogens is 308 g/mol. The zero-order valence-corrected chi connectivity index (χ0v) is 12.7. The first-order valence-electron chi connectivity index (χ1n) is 4.87. The van der Waals surface area contributed by atoms with E-state index in [4.69, 9.17) is 0 Å². The van der Waals surface area contributed by atoms with Gasteiger partial charge < -0.3 is 5.11 Å². The third kappa shape index (κ3) is 4.35. The number of hydrogen-bond donors (Lipinski definition) is 1. The number of halogens is 2. The monoisotopic (exact) mass is 326 g/mol. The van der Waals surface area contributed by atoms with Crippen LogP contribution in [-0.2, 0) is 0 Å². The van der Waals surface area contributed by atoms with Crippen LogP contribution in [0.2, 0.25) is 0 Å². The van der Waals surface area contributed by atoms with Crippen LogP contribution in [0.15, 0.2) is 11.8 Å². The molecule has 0 aliphatic heterocycles. The van der Waals surface area contributed by atoms with Gasteiger partial charge in [0.05, 0.1) is 5.76 Å². The lowest BCUT2D eigenvalue weighted by molar-refractivity contribution is 0.268. The highest BCUT2D eigenvalue weighted by molar-refractivity contribution is 9.10. The maximum absolute atomic E-state index is 9.98. The fraction of sp³-hybridized carbons (Fsp3) is 0.818. The Morgan fingerprint density at radius 1 is 1.21 bits per heavy atom. The summed E-state index contributed by atoms with van der Waals surface area (Å²) in [6, 6.07) is 0. The Kier molecular flexibility index (Phi) is 5.20. The van der Waals surface area contributed by atoms with Crippen molar-refractivity contribution in [3.8, 4) is 0 Å². The Bertz CT molecular complexity index is 194. The first-order chi connectivity index (χ1) is 6.10. The second-order valence-corrected chi connectivity index (χ2v) is 8.69. The van der Waals surface area contributed by atoms with E-state index in [0.29, 0.717) is 5.76 Å². The molecule has 0 spiro atoms. The maximum atomic E-state index is 9.98. The zero-order valence-electron chi connectivity index (χ0n) is 9.56. The zero-order chi connectivity index (χ0) is 11.6. The van der Waals surface area contributed by atoms with Crippen molar-refractivity contribution in [1.82, 2.24) is 0 Å². The van der Waals surface area contributed by atoms with Gasteiger partial charge in [-0.3, -0.25) is 0 Å². The van der Waals surface area contributed by atoms with E-state index in [0.717, 1.165) is 6.42 Å². The quantitative estimate of drug-likeness (QED) is 0.580. The predicted molar refractivity (Wildman–Crippen MR) is 70.5 cm³/mol. The van der Waals surface area contributed by atoms with Crippen molar-refractivity contribution in [1.29, 1.82) is 0 Å². The second-order valence-electron chi connectivity index (χ2n) is 4.60. The second kappa shape index (κ2) is 5.02. The minimum absolute atomic E-state index is 0.0509. The molecule has 0 amide bonds. The molecule has 0 heterocycles. The number of aliphatic hydroxyl groups is 1.